The van der Waals surface area contributed by atoms with Gasteiger partial charge in [0.15, 0.2) is 4.84 Å². The maximum absolute atomic E-state index is 11.5. The molecule has 0 aliphatic carbocycles. The molecular weight excluding hydrogens is 319 g/mol. The number of hydrogen-bond donors (Lipinski definition) is 1. The van der Waals surface area contributed by atoms with Gasteiger partial charge in [-0.3, -0.25) is 9.78 Å². The number of rotatable bonds is 6. The molecular formula is C17H20Cl2N2O. The van der Waals surface area contributed by atoms with Gasteiger partial charge in [0.25, 0.3) is 5.91 Å². The molecule has 22 heavy (non-hydrogen) atoms. The number of pyridine rings is 1. The summed E-state index contributed by atoms with van der Waals surface area (Å²) in [7, 11) is 0. The third-order valence-corrected chi connectivity index (χ3v) is 4.35. The van der Waals surface area contributed by atoms with Crippen LogP contribution in [0, 0.1) is 0 Å². The lowest BCUT2D eigenvalue weighted by Crippen LogP contribution is -2.27. The zero-order chi connectivity index (χ0) is 16.1. The largest absolute Gasteiger partial charge is 0.350 e. The number of nitrogens with zero attached hydrogens (tertiary/aromatic N) is 1. The Balaban J connectivity index is 2.37. The van der Waals surface area contributed by atoms with Crippen molar-refractivity contribution in [1.82, 2.24) is 10.3 Å². The number of aromatic nitrogens is 1. The fourth-order valence-corrected chi connectivity index (χ4v) is 2.86. The zero-order valence-corrected chi connectivity index (χ0v) is 14.3. The summed E-state index contributed by atoms with van der Waals surface area (Å²) in [5.74, 6) is 0.0678. The van der Waals surface area contributed by atoms with Crippen LogP contribution < -0.4 is 5.32 Å². The average molecular weight is 339 g/mol. The minimum Gasteiger partial charge on any atom is -0.350 e. The minimum absolute atomic E-state index is 0.380. The molecule has 2 aromatic rings. The van der Waals surface area contributed by atoms with Crippen molar-refractivity contribution in [2.45, 2.75) is 44.0 Å². The summed E-state index contributed by atoms with van der Waals surface area (Å²) >= 11 is 11.1. The molecule has 118 valence electrons. The Kier molecular flexibility index (Phi) is 6.04. The average Bonchev–Trinajstić information content (AvgIpc) is 2.53. The van der Waals surface area contributed by atoms with Crippen molar-refractivity contribution in [3.8, 4) is 0 Å². The van der Waals surface area contributed by atoms with Crippen LogP contribution in [-0.2, 0) is 11.3 Å². The van der Waals surface area contributed by atoms with Gasteiger partial charge in [-0.05, 0) is 29.9 Å². The first-order valence-electron chi connectivity index (χ1n) is 7.50. The van der Waals surface area contributed by atoms with E-state index in [-0.39, 0.29) is 5.91 Å². The van der Waals surface area contributed by atoms with Crippen molar-refractivity contribution in [1.29, 1.82) is 0 Å². The van der Waals surface area contributed by atoms with Crippen LogP contribution in [0.25, 0.3) is 10.8 Å². The minimum atomic E-state index is -1.04. The number of fused-ring (bicyclic) bond motifs is 1. The highest BCUT2D eigenvalue weighted by Crippen LogP contribution is 2.29. The zero-order valence-electron chi connectivity index (χ0n) is 12.8. The summed E-state index contributed by atoms with van der Waals surface area (Å²) < 4.78 is 0. The lowest BCUT2D eigenvalue weighted by molar-refractivity contribution is -0.119. The van der Waals surface area contributed by atoms with Crippen molar-refractivity contribution >= 4 is 39.9 Å². The third-order valence-electron chi connectivity index (χ3n) is 3.95. The van der Waals surface area contributed by atoms with E-state index in [1.165, 1.54) is 0 Å². The fourth-order valence-electron chi connectivity index (χ4n) is 2.71. The van der Waals surface area contributed by atoms with Gasteiger partial charge >= 0.3 is 0 Å². The predicted octanol–water partition coefficient (Wildman–Crippen LogP) is 4.56. The van der Waals surface area contributed by atoms with E-state index in [0.717, 1.165) is 34.9 Å². The Bertz CT molecular complexity index is 654. The second-order valence-electron chi connectivity index (χ2n) is 5.24. The fraction of sp³-hybridized carbons (Fsp3) is 0.412. The molecule has 0 saturated carbocycles. The number of carbonyl (C=O) groups is 1. The van der Waals surface area contributed by atoms with E-state index in [9.17, 15) is 4.79 Å². The third kappa shape index (κ3) is 3.71. The predicted molar refractivity (Wildman–Crippen MR) is 92.4 cm³/mol. The molecule has 0 aliphatic rings. The number of alkyl halides is 2. The Morgan fingerprint density at radius 2 is 1.91 bits per heavy atom. The van der Waals surface area contributed by atoms with E-state index >= 15 is 0 Å². The second-order valence-corrected chi connectivity index (χ2v) is 6.34. The van der Waals surface area contributed by atoms with Gasteiger partial charge in [0.1, 0.15) is 0 Å². The smallest absolute Gasteiger partial charge is 0.253 e. The van der Waals surface area contributed by atoms with Crippen molar-refractivity contribution in [2.75, 3.05) is 0 Å². The quantitative estimate of drug-likeness (QED) is 0.784. The van der Waals surface area contributed by atoms with Gasteiger partial charge in [-0.25, -0.2) is 0 Å². The van der Waals surface area contributed by atoms with Crippen LogP contribution in [0.4, 0.5) is 0 Å². The summed E-state index contributed by atoms with van der Waals surface area (Å²) in [5.41, 5.74) is 2.16. The lowest BCUT2D eigenvalue weighted by atomic mass is 9.93. The van der Waals surface area contributed by atoms with Gasteiger partial charge in [-0.15, -0.1) is 0 Å². The monoisotopic (exact) mass is 338 g/mol. The molecule has 1 N–H and O–H groups in total. The van der Waals surface area contributed by atoms with Gasteiger partial charge in [-0.1, -0.05) is 55.2 Å². The van der Waals surface area contributed by atoms with Gasteiger partial charge in [0, 0.05) is 24.0 Å². The summed E-state index contributed by atoms with van der Waals surface area (Å²) in [6.07, 6.45) is 3.96. The molecule has 0 aliphatic heterocycles. The molecule has 5 heteroatoms. The topological polar surface area (TPSA) is 42.0 Å². The molecule has 1 aromatic carbocycles. The van der Waals surface area contributed by atoms with Crippen molar-refractivity contribution in [3.05, 3.63) is 41.7 Å². The van der Waals surface area contributed by atoms with Crippen molar-refractivity contribution in [2.24, 2.45) is 0 Å². The second kappa shape index (κ2) is 7.80. The van der Waals surface area contributed by atoms with Gasteiger partial charge in [0.2, 0.25) is 0 Å². The molecule has 0 saturated heterocycles. The number of nitrogens with one attached hydrogen (secondary N) is 1. The van der Waals surface area contributed by atoms with E-state index in [2.05, 4.69) is 30.2 Å². The Morgan fingerprint density at radius 1 is 1.18 bits per heavy atom. The molecule has 0 fully saturated rings. The number of benzene rings is 1. The highest BCUT2D eigenvalue weighted by Gasteiger charge is 2.15. The molecule has 2 rings (SSSR count). The maximum atomic E-state index is 11.5. The normalized spacial score (nSPS) is 11.4. The first kappa shape index (κ1) is 17.0. The Morgan fingerprint density at radius 3 is 2.55 bits per heavy atom. The van der Waals surface area contributed by atoms with E-state index in [4.69, 9.17) is 23.2 Å². The first-order valence-corrected chi connectivity index (χ1v) is 8.38. The Labute approximate surface area is 141 Å². The van der Waals surface area contributed by atoms with Crippen LogP contribution in [0.15, 0.2) is 30.5 Å². The van der Waals surface area contributed by atoms with Crippen molar-refractivity contribution in [3.63, 3.8) is 0 Å². The standard InChI is InChI=1S/C17H20Cl2N2O/c1-3-11(4-2)15-14-7-5-6-12(13(14)8-9-20-15)10-21-17(22)16(18)19/h5-9,11,16H,3-4,10H2,1-2H3,(H,21,22). The van der Waals surface area contributed by atoms with E-state index in [1.54, 1.807) is 0 Å². The number of carbonyl (C=O) groups excluding carboxylic acids is 1. The molecule has 1 heterocycles. The molecule has 0 atom stereocenters. The molecule has 0 radical (unpaired) electrons. The summed E-state index contributed by atoms with van der Waals surface area (Å²) in [4.78, 5) is 15.1. The van der Waals surface area contributed by atoms with Crippen LogP contribution in [0.1, 0.15) is 43.9 Å². The number of amides is 1. The van der Waals surface area contributed by atoms with Crippen LogP contribution in [0.2, 0.25) is 0 Å². The lowest BCUT2D eigenvalue weighted by Gasteiger charge is -2.16. The van der Waals surface area contributed by atoms with Crippen LogP contribution in [0.5, 0.6) is 0 Å². The van der Waals surface area contributed by atoms with Crippen LogP contribution in [-0.4, -0.2) is 15.7 Å². The first-order chi connectivity index (χ1) is 10.6. The van der Waals surface area contributed by atoms with Gasteiger partial charge in [-0.2, -0.15) is 0 Å². The van der Waals surface area contributed by atoms with E-state index in [1.807, 2.05) is 24.4 Å². The number of hydrogen-bond acceptors (Lipinski definition) is 2. The molecule has 3 nitrogen and oxygen atoms in total. The summed E-state index contributed by atoms with van der Waals surface area (Å²) in [5, 5.41) is 5.00. The van der Waals surface area contributed by atoms with Crippen molar-refractivity contribution < 1.29 is 4.79 Å². The molecule has 0 spiro atoms. The van der Waals surface area contributed by atoms with Crippen LogP contribution in [0.3, 0.4) is 0 Å². The summed E-state index contributed by atoms with van der Waals surface area (Å²) in [6, 6.07) is 8.07. The van der Waals surface area contributed by atoms with Gasteiger partial charge < -0.3 is 5.32 Å². The summed E-state index contributed by atoms with van der Waals surface area (Å²) in [6.45, 7) is 4.76. The Hall–Kier alpha value is -1.32. The van der Waals surface area contributed by atoms with Gasteiger partial charge in [0.05, 0.1) is 5.69 Å². The molecule has 0 bridgehead atoms. The van der Waals surface area contributed by atoms with Crippen LogP contribution >= 0.6 is 23.2 Å². The highest BCUT2D eigenvalue weighted by molar-refractivity contribution is 6.53. The SMILES string of the molecule is CCC(CC)c1nccc2c(CNC(=O)C(Cl)Cl)cccc12. The van der Waals surface area contributed by atoms with E-state index < -0.39 is 4.84 Å². The molecule has 1 amide bonds. The highest BCUT2D eigenvalue weighted by atomic mass is 35.5. The van der Waals surface area contributed by atoms with E-state index in [0.29, 0.717) is 12.5 Å². The maximum Gasteiger partial charge on any atom is 0.253 e. The molecule has 1 aromatic heterocycles. The molecule has 0 unspecified atom stereocenters. The number of halogens is 2.